The smallest absolute Gasteiger partial charge is 0.129 e. The van der Waals surface area contributed by atoms with Crippen LogP contribution in [0, 0.1) is 11.7 Å². The summed E-state index contributed by atoms with van der Waals surface area (Å²) in [4.78, 5) is 0. The lowest BCUT2D eigenvalue weighted by atomic mass is 9.75. The number of alkyl halides is 1. The highest BCUT2D eigenvalue weighted by Gasteiger charge is 2.65. The molecular formula is C17H21BrFIO2. The van der Waals surface area contributed by atoms with Crippen molar-refractivity contribution in [3.8, 4) is 0 Å². The summed E-state index contributed by atoms with van der Waals surface area (Å²) < 4.78 is 27.8. The van der Waals surface area contributed by atoms with Gasteiger partial charge in [-0.15, -0.1) is 0 Å². The Morgan fingerprint density at radius 2 is 2.18 bits per heavy atom. The minimum absolute atomic E-state index is 0.0208. The Hall–Kier alpha value is 0.280. The predicted octanol–water partition coefficient (Wildman–Crippen LogP) is 5.25. The number of fused-ring (bicyclic) bond motifs is 2. The summed E-state index contributed by atoms with van der Waals surface area (Å²) in [5, 5.41) is 0. The molecule has 0 amide bonds. The average molecular weight is 483 g/mol. The summed E-state index contributed by atoms with van der Waals surface area (Å²) >= 11 is 5.92. The highest BCUT2D eigenvalue weighted by Crippen LogP contribution is 2.57. The van der Waals surface area contributed by atoms with Gasteiger partial charge in [0.25, 0.3) is 0 Å². The van der Waals surface area contributed by atoms with Crippen LogP contribution >= 0.6 is 38.5 Å². The number of benzene rings is 1. The number of hydrogen-bond acceptors (Lipinski definition) is 2. The second-order valence-electron chi connectivity index (χ2n) is 6.90. The molecule has 2 heterocycles. The molecule has 122 valence electrons. The molecule has 0 aliphatic carbocycles. The van der Waals surface area contributed by atoms with Gasteiger partial charge in [0.1, 0.15) is 5.82 Å². The fraction of sp³-hybridized carbons (Fsp3) is 0.647. The van der Waals surface area contributed by atoms with Crippen LogP contribution in [0.4, 0.5) is 4.39 Å². The Labute approximate surface area is 153 Å². The van der Waals surface area contributed by atoms with E-state index in [1.807, 2.05) is 6.07 Å². The van der Waals surface area contributed by atoms with E-state index in [0.717, 1.165) is 17.3 Å². The lowest BCUT2D eigenvalue weighted by Crippen LogP contribution is -2.44. The van der Waals surface area contributed by atoms with Crippen LogP contribution < -0.4 is 0 Å². The first-order valence-corrected chi connectivity index (χ1v) is 9.71. The van der Waals surface area contributed by atoms with Gasteiger partial charge in [0, 0.05) is 20.4 Å². The quantitative estimate of drug-likeness (QED) is 0.430. The molecule has 2 aliphatic rings. The van der Waals surface area contributed by atoms with E-state index in [9.17, 15) is 4.39 Å². The Morgan fingerprint density at radius 3 is 2.77 bits per heavy atom. The number of ether oxygens (including phenoxy) is 2. The molecule has 5 heteroatoms. The molecule has 1 aromatic rings. The molecule has 1 aromatic carbocycles. The van der Waals surface area contributed by atoms with E-state index in [0.29, 0.717) is 15.4 Å². The Bertz CT molecular complexity index is 562. The summed E-state index contributed by atoms with van der Waals surface area (Å²) in [6, 6.07) is 5.01. The van der Waals surface area contributed by atoms with Gasteiger partial charge in [-0.3, -0.25) is 0 Å². The number of hydrogen-bond donors (Lipinski definition) is 0. The largest absolute Gasteiger partial charge is 0.370 e. The number of rotatable bonds is 4. The second kappa shape index (κ2) is 5.97. The Morgan fingerprint density at radius 1 is 1.45 bits per heavy atom. The molecule has 2 fully saturated rings. The molecular weight excluding hydrogens is 462 g/mol. The van der Waals surface area contributed by atoms with Crippen molar-refractivity contribution < 1.29 is 13.9 Å². The SMILES string of the molecule is CC(C)[C@@]12C[C@H](OCc3c(F)cccc3Br)[C@@](C)(C[C@H]1I)O2. The van der Waals surface area contributed by atoms with E-state index < -0.39 is 0 Å². The maximum Gasteiger partial charge on any atom is 0.129 e. The van der Waals surface area contributed by atoms with Crippen molar-refractivity contribution >= 4 is 38.5 Å². The molecule has 0 spiro atoms. The fourth-order valence-electron chi connectivity index (χ4n) is 3.75. The van der Waals surface area contributed by atoms with Crippen molar-refractivity contribution in [2.75, 3.05) is 0 Å². The Balaban J connectivity index is 1.75. The van der Waals surface area contributed by atoms with Crippen LogP contribution in [0.3, 0.4) is 0 Å². The van der Waals surface area contributed by atoms with E-state index >= 15 is 0 Å². The van der Waals surface area contributed by atoms with Crippen molar-refractivity contribution in [2.45, 2.75) is 61.5 Å². The molecule has 0 N–H and O–H groups in total. The van der Waals surface area contributed by atoms with Crippen molar-refractivity contribution in [2.24, 2.45) is 5.92 Å². The molecule has 0 saturated carbocycles. The van der Waals surface area contributed by atoms with Crippen molar-refractivity contribution in [1.82, 2.24) is 0 Å². The van der Waals surface area contributed by atoms with Crippen molar-refractivity contribution in [1.29, 1.82) is 0 Å². The minimum atomic E-state index is -0.256. The summed E-state index contributed by atoms with van der Waals surface area (Å²) in [7, 11) is 0. The van der Waals surface area contributed by atoms with Crippen LogP contribution in [-0.4, -0.2) is 21.2 Å². The maximum atomic E-state index is 13.9. The highest BCUT2D eigenvalue weighted by molar-refractivity contribution is 14.1. The van der Waals surface area contributed by atoms with Crippen molar-refractivity contribution in [3.05, 3.63) is 34.1 Å². The van der Waals surface area contributed by atoms with Gasteiger partial charge in [0.2, 0.25) is 0 Å². The van der Waals surface area contributed by atoms with Crippen LogP contribution in [-0.2, 0) is 16.1 Å². The maximum absolute atomic E-state index is 13.9. The van der Waals surface area contributed by atoms with Gasteiger partial charge in [-0.1, -0.05) is 58.4 Å². The van der Waals surface area contributed by atoms with E-state index in [-0.39, 0.29) is 29.7 Å². The molecule has 0 aromatic heterocycles. The molecule has 2 aliphatic heterocycles. The summed E-state index contributed by atoms with van der Waals surface area (Å²) in [6.07, 6.45) is 1.91. The molecule has 3 rings (SSSR count). The minimum Gasteiger partial charge on any atom is -0.370 e. The standard InChI is InChI=1S/C17H21BrFIO2/c1-10(2)17-8-15(16(3,22-17)7-14(17)20)21-9-11-12(18)5-4-6-13(11)19/h4-6,10,14-15H,7-9H2,1-3H3/t14-,15+,16-,17+/m1/s1. The molecule has 2 bridgehead atoms. The van der Waals surface area contributed by atoms with Gasteiger partial charge < -0.3 is 9.47 Å². The van der Waals surface area contributed by atoms with Gasteiger partial charge in [0.15, 0.2) is 0 Å². The van der Waals surface area contributed by atoms with Crippen molar-refractivity contribution in [3.63, 3.8) is 0 Å². The fourth-order valence-corrected chi connectivity index (χ4v) is 6.18. The Kier molecular flexibility index (Phi) is 4.65. The average Bonchev–Trinajstić information content (AvgIpc) is 2.86. The number of halogens is 3. The molecule has 0 radical (unpaired) electrons. The zero-order valence-corrected chi connectivity index (χ0v) is 16.8. The van der Waals surface area contributed by atoms with Crippen LogP contribution in [0.25, 0.3) is 0 Å². The third-order valence-corrected chi connectivity index (χ3v) is 7.43. The van der Waals surface area contributed by atoms with Gasteiger partial charge in [-0.25, -0.2) is 4.39 Å². The first-order chi connectivity index (χ1) is 10.3. The second-order valence-corrected chi connectivity index (χ2v) is 9.26. The van der Waals surface area contributed by atoms with Crippen LogP contribution in [0.15, 0.2) is 22.7 Å². The van der Waals surface area contributed by atoms with E-state index in [1.165, 1.54) is 6.07 Å². The van der Waals surface area contributed by atoms with E-state index in [4.69, 9.17) is 9.47 Å². The first kappa shape index (κ1) is 17.1. The molecule has 0 unspecified atom stereocenters. The molecule has 2 saturated heterocycles. The summed E-state index contributed by atoms with van der Waals surface area (Å²) in [5.41, 5.74) is 0.221. The first-order valence-electron chi connectivity index (χ1n) is 7.67. The zero-order chi connectivity index (χ0) is 16.1. The summed E-state index contributed by atoms with van der Waals surface area (Å²) in [6.45, 7) is 6.84. The highest BCUT2D eigenvalue weighted by atomic mass is 127. The van der Waals surface area contributed by atoms with Crippen LogP contribution in [0.1, 0.15) is 39.2 Å². The van der Waals surface area contributed by atoms with E-state index in [1.54, 1.807) is 6.07 Å². The predicted molar refractivity (Wildman–Crippen MR) is 96.8 cm³/mol. The van der Waals surface area contributed by atoms with Gasteiger partial charge in [-0.2, -0.15) is 0 Å². The van der Waals surface area contributed by atoms with Gasteiger partial charge >= 0.3 is 0 Å². The van der Waals surface area contributed by atoms with Gasteiger partial charge in [-0.05, 0) is 31.4 Å². The lowest BCUT2D eigenvalue weighted by Gasteiger charge is -2.35. The van der Waals surface area contributed by atoms with E-state index in [2.05, 4.69) is 59.3 Å². The topological polar surface area (TPSA) is 18.5 Å². The normalized spacial score (nSPS) is 37.2. The zero-order valence-electron chi connectivity index (χ0n) is 13.0. The van der Waals surface area contributed by atoms with Gasteiger partial charge in [0.05, 0.1) is 23.9 Å². The van der Waals surface area contributed by atoms with Crippen LogP contribution in [0.2, 0.25) is 0 Å². The molecule has 2 nitrogen and oxygen atoms in total. The monoisotopic (exact) mass is 482 g/mol. The lowest BCUT2D eigenvalue weighted by molar-refractivity contribution is -0.0957. The third kappa shape index (κ3) is 2.66. The molecule has 4 atom stereocenters. The third-order valence-electron chi connectivity index (χ3n) is 5.19. The summed E-state index contributed by atoms with van der Waals surface area (Å²) in [5.74, 6) is 0.221. The van der Waals surface area contributed by atoms with Crippen LogP contribution in [0.5, 0.6) is 0 Å². The molecule has 22 heavy (non-hydrogen) atoms.